The number of carbonyl (C=O) groups is 2. The summed E-state index contributed by atoms with van der Waals surface area (Å²) in [5.74, 6) is -1.20. The summed E-state index contributed by atoms with van der Waals surface area (Å²) >= 11 is 17.8. The largest absolute Gasteiger partial charge is 0.452 e. The van der Waals surface area contributed by atoms with Crippen molar-refractivity contribution in [2.45, 2.75) is 20.8 Å². The van der Waals surface area contributed by atoms with Crippen molar-refractivity contribution < 1.29 is 14.3 Å². The minimum absolute atomic E-state index is 0.0287. The van der Waals surface area contributed by atoms with Crippen molar-refractivity contribution >= 4 is 52.5 Å². The quantitative estimate of drug-likeness (QED) is 0.613. The number of esters is 1. The Bertz CT molecular complexity index is 833. The summed E-state index contributed by atoms with van der Waals surface area (Å²) in [6, 6.07) is 3.16. The van der Waals surface area contributed by atoms with Crippen molar-refractivity contribution in [3.05, 3.63) is 49.8 Å². The van der Waals surface area contributed by atoms with E-state index in [-0.39, 0.29) is 21.6 Å². The maximum absolute atomic E-state index is 12.1. The number of halogens is 3. The number of aromatic nitrogens is 2. The molecule has 25 heavy (non-hydrogen) atoms. The first-order valence-corrected chi connectivity index (χ1v) is 8.25. The van der Waals surface area contributed by atoms with Gasteiger partial charge in [-0.1, -0.05) is 34.8 Å². The lowest BCUT2D eigenvalue weighted by Gasteiger charge is -2.10. The van der Waals surface area contributed by atoms with E-state index < -0.39 is 18.5 Å². The standard InChI is InChI=1S/C16H14Cl3N3O3/c1-7-4-8(2)20-14(19)13(7)16(24)25-6-12(23)22-15-11(18)5-10(17)9(3)21-15/h4-5H,6H2,1-3H3,(H,21,22,23). The van der Waals surface area contributed by atoms with E-state index in [1.165, 1.54) is 6.07 Å². The Hall–Kier alpha value is -1.89. The highest BCUT2D eigenvalue weighted by Gasteiger charge is 2.19. The molecule has 0 aliphatic heterocycles. The summed E-state index contributed by atoms with van der Waals surface area (Å²) in [7, 11) is 0. The van der Waals surface area contributed by atoms with Gasteiger partial charge in [-0.25, -0.2) is 14.8 Å². The van der Waals surface area contributed by atoms with Gasteiger partial charge in [-0.3, -0.25) is 4.79 Å². The highest BCUT2D eigenvalue weighted by atomic mass is 35.5. The van der Waals surface area contributed by atoms with E-state index in [2.05, 4.69) is 15.3 Å². The van der Waals surface area contributed by atoms with E-state index >= 15 is 0 Å². The van der Waals surface area contributed by atoms with Crippen LogP contribution in [0.4, 0.5) is 5.82 Å². The molecule has 2 aromatic rings. The van der Waals surface area contributed by atoms with Crippen molar-refractivity contribution in [3.63, 3.8) is 0 Å². The summed E-state index contributed by atoms with van der Waals surface area (Å²) in [6.07, 6.45) is 0. The summed E-state index contributed by atoms with van der Waals surface area (Å²) in [5.41, 5.74) is 1.92. The minimum atomic E-state index is -0.739. The molecule has 0 spiro atoms. The second-order valence-corrected chi connectivity index (χ2v) is 6.43. The lowest BCUT2D eigenvalue weighted by Crippen LogP contribution is -2.22. The Kier molecular flexibility index (Phi) is 6.21. The van der Waals surface area contributed by atoms with E-state index in [1.807, 2.05) is 0 Å². The monoisotopic (exact) mass is 401 g/mol. The van der Waals surface area contributed by atoms with Gasteiger partial charge in [0.05, 0.1) is 21.3 Å². The molecule has 2 heterocycles. The van der Waals surface area contributed by atoms with Crippen LogP contribution < -0.4 is 5.32 Å². The fourth-order valence-corrected chi connectivity index (χ4v) is 2.82. The average Bonchev–Trinajstić information content (AvgIpc) is 2.49. The highest BCUT2D eigenvalue weighted by molar-refractivity contribution is 6.36. The number of nitrogens with zero attached hydrogens (tertiary/aromatic N) is 2. The van der Waals surface area contributed by atoms with Crippen molar-refractivity contribution in [1.82, 2.24) is 9.97 Å². The van der Waals surface area contributed by atoms with Gasteiger partial charge in [0.1, 0.15) is 5.15 Å². The molecular weight excluding hydrogens is 389 g/mol. The van der Waals surface area contributed by atoms with Crippen LogP contribution in [-0.2, 0) is 9.53 Å². The van der Waals surface area contributed by atoms with Crippen LogP contribution in [0, 0.1) is 20.8 Å². The molecule has 0 aliphatic rings. The predicted molar refractivity (Wildman–Crippen MR) is 96.6 cm³/mol. The normalized spacial score (nSPS) is 10.5. The molecule has 0 saturated carbocycles. The van der Waals surface area contributed by atoms with Crippen molar-refractivity contribution in [2.75, 3.05) is 11.9 Å². The molecule has 9 heteroatoms. The highest BCUT2D eigenvalue weighted by Crippen LogP contribution is 2.25. The second-order valence-electron chi connectivity index (χ2n) is 5.26. The number of hydrogen-bond acceptors (Lipinski definition) is 5. The summed E-state index contributed by atoms with van der Waals surface area (Å²) in [5, 5.41) is 3.04. The van der Waals surface area contributed by atoms with E-state index in [9.17, 15) is 9.59 Å². The van der Waals surface area contributed by atoms with Gasteiger partial charge in [-0.05, 0) is 38.5 Å². The number of hydrogen-bond donors (Lipinski definition) is 1. The molecule has 2 rings (SSSR count). The van der Waals surface area contributed by atoms with Crippen molar-refractivity contribution in [3.8, 4) is 0 Å². The van der Waals surface area contributed by atoms with Crippen LogP contribution in [0.5, 0.6) is 0 Å². The number of anilines is 1. The van der Waals surface area contributed by atoms with Gasteiger partial charge in [0, 0.05) is 5.69 Å². The molecule has 0 unspecified atom stereocenters. The molecule has 132 valence electrons. The third-order valence-corrected chi connectivity index (χ3v) is 4.15. The van der Waals surface area contributed by atoms with Crippen molar-refractivity contribution in [1.29, 1.82) is 0 Å². The van der Waals surface area contributed by atoms with E-state index in [1.54, 1.807) is 26.8 Å². The van der Waals surface area contributed by atoms with Gasteiger partial charge < -0.3 is 10.1 Å². The maximum atomic E-state index is 12.1. The molecule has 0 fully saturated rings. The van der Waals surface area contributed by atoms with Gasteiger partial charge in [0.15, 0.2) is 12.4 Å². The number of ether oxygens (including phenoxy) is 1. The van der Waals surface area contributed by atoms with E-state index in [0.29, 0.717) is 22.0 Å². The Morgan fingerprint density at radius 2 is 1.76 bits per heavy atom. The summed E-state index contributed by atoms with van der Waals surface area (Å²) < 4.78 is 4.99. The predicted octanol–water partition coefficient (Wildman–Crippen LogP) is 4.16. The zero-order valence-corrected chi connectivity index (χ0v) is 15.9. The molecule has 0 aliphatic carbocycles. The Morgan fingerprint density at radius 1 is 1.08 bits per heavy atom. The van der Waals surface area contributed by atoms with Gasteiger partial charge in [0.2, 0.25) is 0 Å². The zero-order chi connectivity index (χ0) is 18.7. The molecule has 1 amide bonds. The molecule has 0 radical (unpaired) electrons. The summed E-state index contributed by atoms with van der Waals surface area (Å²) in [6.45, 7) is 4.61. The van der Waals surface area contributed by atoms with Gasteiger partial charge >= 0.3 is 5.97 Å². The zero-order valence-electron chi connectivity index (χ0n) is 13.6. The fourth-order valence-electron chi connectivity index (χ4n) is 2.05. The summed E-state index contributed by atoms with van der Waals surface area (Å²) in [4.78, 5) is 32.2. The SMILES string of the molecule is Cc1cc(C)c(C(=O)OCC(=O)Nc2nc(C)c(Cl)cc2Cl)c(Cl)n1. The molecule has 0 saturated heterocycles. The third-order valence-electron chi connectivity index (χ3n) is 3.20. The molecule has 0 atom stereocenters. The number of aryl methyl sites for hydroxylation is 3. The first kappa shape index (κ1) is 19.4. The number of pyridine rings is 2. The van der Waals surface area contributed by atoms with E-state index in [4.69, 9.17) is 39.5 Å². The molecular formula is C16H14Cl3N3O3. The van der Waals surface area contributed by atoms with Crippen LogP contribution in [0.3, 0.4) is 0 Å². The van der Waals surface area contributed by atoms with Crippen LogP contribution in [0.1, 0.15) is 27.3 Å². The van der Waals surface area contributed by atoms with Crippen LogP contribution in [0.15, 0.2) is 12.1 Å². The Morgan fingerprint density at radius 3 is 2.40 bits per heavy atom. The van der Waals surface area contributed by atoms with Gasteiger partial charge in [0.25, 0.3) is 5.91 Å². The molecule has 2 aromatic heterocycles. The lowest BCUT2D eigenvalue weighted by molar-refractivity contribution is -0.119. The molecule has 0 bridgehead atoms. The van der Waals surface area contributed by atoms with Crippen LogP contribution >= 0.6 is 34.8 Å². The average molecular weight is 403 g/mol. The number of rotatable bonds is 4. The molecule has 1 N–H and O–H groups in total. The smallest absolute Gasteiger partial charge is 0.342 e. The van der Waals surface area contributed by atoms with Crippen LogP contribution in [0.2, 0.25) is 15.2 Å². The molecule has 6 nitrogen and oxygen atoms in total. The minimum Gasteiger partial charge on any atom is -0.452 e. The van der Waals surface area contributed by atoms with Gasteiger partial charge in [-0.15, -0.1) is 0 Å². The number of amides is 1. The molecule has 0 aromatic carbocycles. The fraction of sp³-hybridized carbons (Fsp3) is 0.250. The van der Waals surface area contributed by atoms with Crippen LogP contribution in [-0.4, -0.2) is 28.5 Å². The van der Waals surface area contributed by atoms with Crippen LogP contribution in [0.25, 0.3) is 0 Å². The first-order chi connectivity index (χ1) is 11.7. The van der Waals surface area contributed by atoms with Crippen molar-refractivity contribution in [2.24, 2.45) is 0 Å². The second kappa shape index (κ2) is 7.99. The maximum Gasteiger partial charge on any atom is 0.342 e. The lowest BCUT2D eigenvalue weighted by atomic mass is 10.1. The Labute approximate surface area is 159 Å². The first-order valence-electron chi connectivity index (χ1n) is 7.12. The third kappa shape index (κ3) is 4.81. The van der Waals surface area contributed by atoms with E-state index in [0.717, 1.165) is 0 Å². The topological polar surface area (TPSA) is 81.2 Å². The van der Waals surface area contributed by atoms with Gasteiger partial charge in [-0.2, -0.15) is 0 Å². The number of nitrogens with one attached hydrogen (secondary N) is 1. The Balaban J connectivity index is 2.03. The number of carbonyl (C=O) groups excluding carboxylic acids is 2.